The van der Waals surface area contributed by atoms with Gasteiger partial charge in [-0.1, -0.05) is 20.8 Å². The van der Waals surface area contributed by atoms with Gasteiger partial charge >= 0.3 is 0 Å². The lowest BCUT2D eigenvalue weighted by atomic mass is 9.94. The molecule has 0 fully saturated rings. The van der Waals surface area contributed by atoms with Crippen LogP contribution in [-0.4, -0.2) is 63.1 Å². The molecule has 1 aromatic carbocycles. The summed E-state index contributed by atoms with van der Waals surface area (Å²) in [6.07, 6.45) is 0. The first kappa shape index (κ1) is 22.4. The van der Waals surface area contributed by atoms with E-state index in [-0.39, 0.29) is 24.9 Å². The number of carbonyl (C=O) groups is 3. The van der Waals surface area contributed by atoms with Crippen molar-refractivity contribution < 1.29 is 23.9 Å². The van der Waals surface area contributed by atoms with Gasteiger partial charge in [0.25, 0.3) is 0 Å². The summed E-state index contributed by atoms with van der Waals surface area (Å²) in [4.78, 5) is 38.0. The molecular formula is C19H29N3O5. The van der Waals surface area contributed by atoms with Crippen LogP contribution in [0.5, 0.6) is 5.75 Å². The molecule has 0 aliphatic rings. The summed E-state index contributed by atoms with van der Waals surface area (Å²) in [5.74, 6) is -0.244. The van der Waals surface area contributed by atoms with E-state index in [1.807, 2.05) is 0 Å². The number of amides is 3. The highest BCUT2D eigenvalue weighted by Gasteiger charge is 2.28. The molecule has 3 amide bonds. The zero-order valence-electron chi connectivity index (χ0n) is 16.6. The summed E-state index contributed by atoms with van der Waals surface area (Å²) >= 11 is 0. The first-order valence-electron chi connectivity index (χ1n) is 8.66. The largest absolute Gasteiger partial charge is 0.497 e. The standard InChI is InChI=1S/C19H29N3O5/c1-19(2,3)18(25)22(10-11-26-4)13-17(24)20-12-16(23)21-14-6-8-15(27-5)9-7-14/h6-9H,10-13H2,1-5H3,(H,20,24)(H,21,23). The summed E-state index contributed by atoms with van der Waals surface area (Å²) < 4.78 is 10.0. The van der Waals surface area contributed by atoms with Gasteiger partial charge < -0.3 is 25.0 Å². The minimum atomic E-state index is -0.611. The molecule has 0 bridgehead atoms. The molecule has 8 heteroatoms. The Hall–Kier alpha value is -2.61. The highest BCUT2D eigenvalue weighted by Crippen LogP contribution is 2.17. The molecule has 1 rings (SSSR count). The van der Waals surface area contributed by atoms with Gasteiger partial charge in [-0.05, 0) is 24.3 Å². The fourth-order valence-corrected chi connectivity index (χ4v) is 2.22. The molecule has 0 aliphatic carbocycles. The molecule has 0 saturated carbocycles. The lowest BCUT2D eigenvalue weighted by Gasteiger charge is -2.28. The molecule has 0 aliphatic heterocycles. The van der Waals surface area contributed by atoms with E-state index in [2.05, 4.69) is 10.6 Å². The van der Waals surface area contributed by atoms with E-state index >= 15 is 0 Å². The molecule has 27 heavy (non-hydrogen) atoms. The maximum atomic E-state index is 12.4. The van der Waals surface area contributed by atoms with Crippen molar-refractivity contribution >= 4 is 23.4 Å². The zero-order chi connectivity index (χ0) is 20.4. The van der Waals surface area contributed by atoms with Crippen molar-refractivity contribution in [3.63, 3.8) is 0 Å². The van der Waals surface area contributed by atoms with Gasteiger partial charge in [0.15, 0.2) is 0 Å². The van der Waals surface area contributed by atoms with Crippen LogP contribution < -0.4 is 15.4 Å². The van der Waals surface area contributed by atoms with Crippen LogP contribution >= 0.6 is 0 Å². The van der Waals surface area contributed by atoms with Crippen molar-refractivity contribution in [1.82, 2.24) is 10.2 Å². The summed E-state index contributed by atoms with van der Waals surface area (Å²) in [7, 11) is 3.09. The number of nitrogens with zero attached hydrogens (tertiary/aromatic N) is 1. The summed E-state index contributed by atoms with van der Waals surface area (Å²) in [6, 6.07) is 6.85. The smallest absolute Gasteiger partial charge is 0.243 e. The molecule has 8 nitrogen and oxygen atoms in total. The van der Waals surface area contributed by atoms with Crippen LogP contribution in [0, 0.1) is 5.41 Å². The van der Waals surface area contributed by atoms with Crippen LogP contribution in [0.15, 0.2) is 24.3 Å². The molecule has 0 aromatic heterocycles. The Morgan fingerprint density at radius 1 is 1.04 bits per heavy atom. The molecule has 0 saturated heterocycles. The fraction of sp³-hybridized carbons (Fsp3) is 0.526. The summed E-state index contributed by atoms with van der Waals surface area (Å²) in [5.41, 5.74) is -0.0144. The Bertz CT molecular complexity index is 638. The molecule has 0 atom stereocenters. The van der Waals surface area contributed by atoms with Crippen molar-refractivity contribution in [2.45, 2.75) is 20.8 Å². The third-order valence-electron chi connectivity index (χ3n) is 3.65. The Morgan fingerprint density at radius 3 is 2.19 bits per heavy atom. The monoisotopic (exact) mass is 379 g/mol. The number of carbonyl (C=O) groups excluding carboxylic acids is 3. The number of rotatable bonds is 9. The van der Waals surface area contributed by atoms with Crippen molar-refractivity contribution in [2.75, 3.05) is 45.8 Å². The average Bonchev–Trinajstić information content (AvgIpc) is 2.62. The van der Waals surface area contributed by atoms with Gasteiger partial charge in [0.05, 0.1) is 26.8 Å². The van der Waals surface area contributed by atoms with E-state index in [0.29, 0.717) is 24.6 Å². The molecule has 0 radical (unpaired) electrons. The van der Waals surface area contributed by atoms with Crippen molar-refractivity contribution in [2.24, 2.45) is 5.41 Å². The number of anilines is 1. The van der Waals surface area contributed by atoms with E-state index in [0.717, 1.165) is 0 Å². The molecule has 0 unspecified atom stereocenters. The highest BCUT2D eigenvalue weighted by molar-refractivity contribution is 5.95. The zero-order valence-corrected chi connectivity index (χ0v) is 16.6. The minimum Gasteiger partial charge on any atom is -0.497 e. The number of hydrogen-bond donors (Lipinski definition) is 2. The summed E-state index contributed by atoms with van der Waals surface area (Å²) in [6.45, 7) is 5.67. The van der Waals surface area contributed by atoms with Crippen LogP contribution in [0.1, 0.15) is 20.8 Å². The first-order valence-corrected chi connectivity index (χ1v) is 8.66. The van der Waals surface area contributed by atoms with E-state index in [1.54, 1.807) is 52.1 Å². The average molecular weight is 379 g/mol. The van der Waals surface area contributed by atoms with Gasteiger partial charge in [-0.25, -0.2) is 0 Å². The van der Waals surface area contributed by atoms with Gasteiger partial charge in [0.1, 0.15) is 5.75 Å². The van der Waals surface area contributed by atoms with E-state index in [9.17, 15) is 14.4 Å². The number of ether oxygens (including phenoxy) is 2. The molecule has 150 valence electrons. The van der Waals surface area contributed by atoms with Crippen molar-refractivity contribution in [3.8, 4) is 5.75 Å². The maximum absolute atomic E-state index is 12.4. The fourth-order valence-electron chi connectivity index (χ4n) is 2.22. The van der Waals surface area contributed by atoms with E-state index < -0.39 is 11.3 Å². The van der Waals surface area contributed by atoms with Crippen molar-refractivity contribution in [3.05, 3.63) is 24.3 Å². The van der Waals surface area contributed by atoms with Crippen LogP contribution in [0.3, 0.4) is 0 Å². The van der Waals surface area contributed by atoms with E-state index in [1.165, 1.54) is 12.0 Å². The Balaban J connectivity index is 2.52. The highest BCUT2D eigenvalue weighted by atomic mass is 16.5. The molecule has 2 N–H and O–H groups in total. The number of nitrogens with one attached hydrogen (secondary N) is 2. The van der Waals surface area contributed by atoms with Crippen LogP contribution in [-0.2, 0) is 19.1 Å². The minimum absolute atomic E-state index is 0.130. The van der Waals surface area contributed by atoms with Gasteiger partial charge in [-0.15, -0.1) is 0 Å². The number of hydrogen-bond acceptors (Lipinski definition) is 5. The second-order valence-corrected chi connectivity index (χ2v) is 7.02. The lowest BCUT2D eigenvalue weighted by molar-refractivity contribution is -0.143. The lowest BCUT2D eigenvalue weighted by Crippen LogP contribution is -2.47. The van der Waals surface area contributed by atoms with Crippen molar-refractivity contribution in [1.29, 1.82) is 0 Å². The number of methoxy groups -OCH3 is 2. The van der Waals surface area contributed by atoms with Crippen LogP contribution in [0.25, 0.3) is 0 Å². The molecule has 0 spiro atoms. The predicted molar refractivity (Wildman–Crippen MR) is 103 cm³/mol. The van der Waals surface area contributed by atoms with Gasteiger partial charge in [0.2, 0.25) is 17.7 Å². The molecular weight excluding hydrogens is 350 g/mol. The quantitative estimate of drug-likeness (QED) is 0.674. The second-order valence-electron chi connectivity index (χ2n) is 7.02. The second kappa shape index (κ2) is 10.5. The maximum Gasteiger partial charge on any atom is 0.243 e. The van der Waals surface area contributed by atoms with Gasteiger partial charge in [-0.3, -0.25) is 14.4 Å². The van der Waals surface area contributed by atoms with E-state index in [4.69, 9.17) is 9.47 Å². The normalized spacial score (nSPS) is 10.9. The van der Waals surface area contributed by atoms with Crippen LogP contribution in [0.4, 0.5) is 5.69 Å². The first-order chi connectivity index (χ1) is 12.7. The third kappa shape index (κ3) is 8.08. The molecule has 1 aromatic rings. The molecule has 0 heterocycles. The third-order valence-corrected chi connectivity index (χ3v) is 3.65. The summed E-state index contributed by atoms with van der Waals surface area (Å²) in [5, 5.41) is 5.20. The Morgan fingerprint density at radius 2 is 1.67 bits per heavy atom. The van der Waals surface area contributed by atoms with Gasteiger partial charge in [0, 0.05) is 24.8 Å². The predicted octanol–water partition coefficient (Wildman–Crippen LogP) is 1.27. The number of benzene rings is 1. The van der Waals surface area contributed by atoms with Crippen LogP contribution in [0.2, 0.25) is 0 Å². The SMILES string of the molecule is COCCN(CC(=O)NCC(=O)Nc1ccc(OC)cc1)C(=O)C(C)(C)C. The Kier molecular flexibility index (Phi) is 8.74. The Labute approximate surface area is 160 Å². The van der Waals surface area contributed by atoms with Gasteiger partial charge in [-0.2, -0.15) is 0 Å². The topological polar surface area (TPSA) is 97.0 Å².